The summed E-state index contributed by atoms with van der Waals surface area (Å²) < 4.78 is 0. The molecule has 1 N–H and O–H groups in total. The number of halogens is 1. The van der Waals surface area contributed by atoms with Gasteiger partial charge in [0.15, 0.2) is 0 Å². The lowest BCUT2D eigenvalue weighted by Gasteiger charge is -2.29. The highest BCUT2D eigenvalue weighted by Gasteiger charge is 2.30. The summed E-state index contributed by atoms with van der Waals surface area (Å²) in [6.45, 7) is -0.00906. The molecule has 2 aromatic rings. The Bertz CT molecular complexity index is 818. The lowest BCUT2D eigenvalue weighted by Crippen LogP contribution is -2.41. The lowest BCUT2D eigenvalue weighted by atomic mass is 10.2. The highest BCUT2D eigenvalue weighted by Crippen LogP contribution is 2.41. The molecule has 24 heavy (non-hydrogen) atoms. The van der Waals surface area contributed by atoms with Gasteiger partial charge >= 0.3 is 0 Å². The lowest BCUT2D eigenvalue weighted by molar-refractivity contribution is -0.122. The maximum atomic E-state index is 12.8. The maximum absolute atomic E-state index is 12.8. The number of carbonyl (C=O) groups excluding carboxylic acids is 2. The van der Waals surface area contributed by atoms with Crippen molar-refractivity contribution in [3.8, 4) is 0 Å². The fourth-order valence-electron chi connectivity index (χ4n) is 2.35. The van der Waals surface area contributed by atoms with Gasteiger partial charge in [-0.05, 0) is 35.9 Å². The average molecular weight is 359 g/mol. The number of para-hydroxylation sites is 1. The van der Waals surface area contributed by atoms with Gasteiger partial charge in [0.25, 0.3) is 5.91 Å². The van der Waals surface area contributed by atoms with Crippen LogP contribution in [0, 0.1) is 0 Å². The molecule has 122 valence electrons. The van der Waals surface area contributed by atoms with Crippen molar-refractivity contribution in [3.05, 3.63) is 64.0 Å². The zero-order valence-electron chi connectivity index (χ0n) is 13.0. The zero-order valence-corrected chi connectivity index (χ0v) is 14.5. The molecule has 1 heterocycles. The van der Waals surface area contributed by atoms with E-state index < -0.39 is 0 Å². The second-order valence-corrected chi connectivity index (χ2v) is 6.71. The Kier molecular flexibility index (Phi) is 4.92. The van der Waals surface area contributed by atoms with Crippen LogP contribution in [0.5, 0.6) is 0 Å². The van der Waals surface area contributed by atoms with Gasteiger partial charge in [0, 0.05) is 17.0 Å². The van der Waals surface area contributed by atoms with E-state index in [1.165, 1.54) is 16.7 Å². The second kappa shape index (κ2) is 7.11. The Morgan fingerprint density at radius 3 is 2.62 bits per heavy atom. The summed E-state index contributed by atoms with van der Waals surface area (Å²) in [7, 11) is 1.56. The van der Waals surface area contributed by atoms with Crippen molar-refractivity contribution in [1.29, 1.82) is 0 Å². The smallest absolute Gasteiger partial charge is 0.265 e. The molecular weight excluding hydrogens is 344 g/mol. The third-order valence-corrected chi connectivity index (χ3v) is 4.91. The van der Waals surface area contributed by atoms with Gasteiger partial charge < -0.3 is 5.32 Å². The van der Waals surface area contributed by atoms with Crippen LogP contribution in [0.1, 0.15) is 5.56 Å². The molecule has 1 aliphatic heterocycles. The third-order valence-electron chi connectivity index (χ3n) is 3.58. The van der Waals surface area contributed by atoms with Crippen LogP contribution >= 0.6 is 23.4 Å². The Morgan fingerprint density at radius 1 is 1.21 bits per heavy atom. The molecule has 0 aromatic heterocycles. The highest BCUT2D eigenvalue weighted by molar-refractivity contribution is 8.04. The van der Waals surface area contributed by atoms with E-state index in [0.717, 1.165) is 16.1 Å². The average Bonchev–Trinajstić information content (AvgIpc) is 2.60. The van der Waals surface area contributed by atoms with E-state index in [9.17, 15) is 9.59 Å². The molecule has 0 radical (unpaired) electrons. The van der Waals surface area contributed by atoms with Gasteiger partial charge in [0.2, 0.25) is 5.91 Å². The molecule has 1 aliphatic rings. The Morgan fingerprint density at radius 2 is 1.92 bits per heavy atom. The standard InChI is InChI=1S/C18H15ClN2O2S/c1-20-17(22)11-21-14-4-2-3-5-15(14)24-16(18(21)23)10-12-6-8-13(19)9-7-12/h2-10H,11H2,1H3,(H,20,22)/b16-10+. The van der Waals surface area contributed by atoms with Crippen LogP contribution in [0.3, 0.4) is 0 Å². The van der Waals surface area contributed by atoms with E-state index in [1.54, 1.807) is 19.2 Å². The number of thioether (sulfide) groups is 1. The molecule has 0 saturated heterocycles. The maximum Gasteiger partial charge on any atom is 0.265 e. The molecule has 0 fully saturated rings. The van der Waals surface area contributed by atoms with Crippen LogP contribution in [-0.4, -0.2) is 25.4 Å². The van der Waals surface area contributed by atoms with Crippen molar-refractivity contribution >= 4 is 46.9 Å². The van der Waals surface area contributed by atoms with Crippen molar-refractivity contribution in [2.24, 2.45) is 0 Å². The third kappa shape index (κ3) is 3.47. The second-order valence-electron chi connectivity index (χ2n) is 5.19. The van der Waals surface area contributed by atoms with E-state index in [4.69, 9.17) is 11.6 Å². The van der Waals surface area contributed by atoms with Crippen LogP contribution in [0.2, 0.25) is 5.02 Å². The number of amides is 2. The molecule has 0 spiro atoms. The first kappa shape index (κ1) is 16.6. The van der Waals surface area contributed by atoms with E-state index >= 15 is 0 Å². The zero-order chi connectivity index (χ0) is 17.1. The first-order valence-electron chi connectivity index (χ1n) is 7.35. The van der Waals surface area contributed by atoms with E-state index in [0.29, 0.717) is 9.93 Å². The number of likely N-dealkylation sites (N-methyl/N-ethyl adjacent to an activating group) is 1. The predicted octanol–water partition coefficient (Wildman–Crippen LogP) is 3.57. The summed E-state index contributed by atoms with van der Waals surface area (Å²) in [5.74, 6) is -0.395. The summed E-state index contributed by atoms with van der Waals surface area (Å²) in [4.78, 5) is 27.7. The minimum absolute atomic E-state index is 0.00906. The molecule has 0 unspecified atom stereocenters. The van der Waals surface area contributed by atoms with E-state index in [1.807, 2.05) is 42.5 Å². The Balaban J connectivity index is 1.99. The quantitative estimate of drug-likeness (QED) is 0.853. The number of anilines is 1. The van der Waals surface area contributed by atoms with Gasteiger partial charge in [0.1, 0.15) is 6.54 Å². The molecule has 0 saturated carbocycles. The van der Waals surface area contributed by atoms with E-state index in [-0.39, 0.29) is 18.4 Å². The summed E-state index contributed by atoms with van der Waals surface area (Å²) in [5, 5.41) is 3.21. The Hall–Kier alpha value is -2.24. The van der Waals surface area contributed by atoms with Crippen LogP contribution in [0.15, 0.2) is 58.3 Å². The summed E-state index contributed by atoms with van der Waals surface area (Å²) >= 11 is 7.31. The fraction of sp³-hybridized carbons (Fsp3) is 0.111. The van der Waals surface area contributed by atoms with Gasteiger partial charge in [-0.15, -0.1) is 0 Å². The monoisotopic (exact) mass is 358 g/mol. The minimum atomic E-state index is -0.212. The SMILES string of the molecule is CNC(=O)CN1C(=O)/C(=C\c2ccc(Cl)cc2)Sc2ccccc21. The van der Waals surface area contributed by atoms with Crippen LogP contribution in [-0.2, 0) is 9.59 Å². The highest BCUT2D eigenvalue weighted by atomic mass is 35.5. The van der Waals surface area contributed by atoms with Crippen molar-refractivity contribution in [1.82, 2.24) is 5.32 Å². The van der Waals surface area contributed by atoms with Crippen LogP contribution in [0.4, 0.5) is 5.69 Å². The van der Waals surface area contributed by atoms with E-state index in [2.05, 4.69) is 5.32 Å². The molecule has 2 aromatic carbocycles. The van der Waals surface area contributed by atoms with Crippen molar-refractivity contribution in [2.45, 2.75) is 4.90 Å². The Labute approximate surface area is 149 Å². The molecule has 3 rings (SSSR count). The van der Waals surface area contributed by atoms with Crippen molar-refractivity contribution in [2.75, 3.05) is 18.5 Å². The number of hydrogen-bond donors (Lipinski definition) is 1. The molecule has 0 atom stereocenters. The number of nitrogens with zero attached hydrogens (tertiary/aromatic N) is 1. The number of hydrogen-bond acceptors (Lipinski definition) is 3. The number of benzene rings is 2. The molecular formula is C18H15ClN2O2S. The predicted molar refractivity (Wildman–Crippen MR) is 98.1 cm³/mol. The van der Waals surface area contributed by atoms with Crippen LogP contribution < -0.4 is 10.2 Å². The topological polar surface area (TPSA) is 49.4 Å². The molecule has 6 heteroatoms. The molecule has 0 bridgehead atoms. The number of fused-ring (bicyclic) bond motifs is 1. The van der Waals surface area contributed by atoms with Gasteiger partial charge in [-0.25, -0.2) is 0 Å². The first-order valence-corrected chi connectivity index (χ1v) is 8.54. The van der Waals surface area contributed by atoms with Crippen LogP contribution in [0.25, 0.3) is 6.08 Å². The van der Waals surface area contributed by atoms with Gasteiger partial charge in [-0.2, -0.15) is 0 Å². The molecule has 2 amide bonds. The number of carbonyl (C=O) groups is 2. The summed E-state index contributed by atoms with van der Waals surface area (Å²) in [6.07, 6.45) is 1.82. The normalized spacial score (nSPS) is 15.3. The summed E-state index contributed by atoms with van der Waals surface area (Å²) in [5.41, 5.74) is 1.64. The number of rotatable bonds is 3. The fourth-order valence-corrected chi connectivity index (χ4v) is 3.54. The summed E-state index contributed by atoms with van der Waals surface area (Å²) in [6, 6.07) is 14.8. The largest absolute Gasteiger partial charge is 0.358 e. The van der Waals surface area contributed by atoms with Gasteiger partial charge in [0.05, 0.1) is 10.6 Å². The molecule has 0 aliphatic carbocycles. The number of nitrogens with one attached hydrogen (secondary N) is 1. The molecule has 4 nitrogen and oxygen atoms in total. The minimum Gasteiger partial charge on any atom is -0.358 e. The first-order chi connectivity index (χ1) is 11.6. The van der Waals surface area contributed by atoms with Crippen molar-refractivity contribution < 1.29 is 9.59 Å². The van der Waals surface area contributed by atoms with Gasteiger partial charge in [-0.1, -0.05) is 47.6 Å². The van der Waals surface area contributed by atoms with Gasteiger partial charge in [-0.3, -0.25) is 14.5 Å². The van der Waals surface area contributed by atoms with Crippen molar-refractivity contribution in [3.63, 3.8) is 0 Å².